The Balaban J connectivity index is 1.72. The first-order valence-electron chi connectivity index (χ1n) is 5.82. The van der Waals surface area contributed by atoms with Gasteiger partial charge in [0, 0.05) is 12.4 Å². The monoisotopic (exact) mass is 260 g/mol. The van der Waals surface area contributed by atoms with E-state index in [9.17, 15) is 9.18 Å². The van der Waals surface area contributed by atoms with Gasteiger partial charge in [0.05, 0.1) is 12.1 Å². The zero-order valence-corrected chi connectivity index (χ0v) is 10.2. The number of hydrogen-bond donors (Lipinski definition) is 1. The lowest BCUT2D eigenvalue weighted by Crippen LogP contribution is -2.28. The van der Waals surface area contributed by atoms with E-state index < -0.39 is 0 Å². The number of carbonyl (C=O) groups excluding carboxylic acids is 1. The highest BCUT2D eigenvalue weighted by molar-refractivity contribution is 5.93. The summed E-state index contributed by atoms with van der Waals surface area (Å²) in [7, 11) is 0. The molecule has 0 aliphatic heterocycles. The molecule has 0 aliphatic rings. The number of halogens is 1. The lowest BCUT2D eigenvalue weighted by Gasteiger charge is -2.07. The van der Waals surface area contributed by atoms with E-state index in [0.717, 1.165) is 0 Å². The molecule has 4 nitrogen and oxygen atoms in total. The summed E-state index contributed by atoms with van der Waals surface area (Å²) in [4.78, 5) is 15.5. The van der Waals surface area contributed by atoms with Crippen LogP contribution in [0.15, 0.2) is 48.8 Å². The van der Waals surface area contributed by atoms with Crippen molar-refractivity contribution in [2.45, 2.75) is 0 Å². The topological polar surface area (TPSA) is 51.2 Å². The van der Waals surface area contributed by atoms with E-state index >= 15 is 0 Å². The lowest BCUT2D eigenvalue weighted by atomic mass is 10.3. The summed E-state index contributed by atoms with van der Waals surface area (Å²) in [5.41, 5.74) is 0.504. The van der Waals surface area contributed by atoms with Gasteiger partial charge in [-0.15, -0.1) is 0 Å². The average molecular weight is 260 g/mol. The summed E-state index contributed by atoms with van der Waals surface area (Å²) in [5.74, 6) is 0.0602. The second kappa shape index (κ2) is 6.49. The van der Waals surface area contributed by atoms with Crippen molar-refractivity contribution in [2.24, 2.45) is 0 Å². The molecule has 1 amide bonds. The maximum Gasteiger partial charge on any atom is 0.252 e. The van der Waals surface area contributed by atoms with Crippen LogP contribution in [0.1, 0.15) is 10.4 Å². The van der Waals surface area contributed by atoms with Crippen LogP contribution in [-0.2, 0) is 0 Å². The van der Waals surface area contributed by atoms with Crippen LogP contribution in [0.2, 0.25) is 0 Å². The van der Waals surface area contributed by atoms with Crippen LogP contribution in [0, 0.1) is 5.82 Å². The number of ether oxygens (including phenoxy) is 1. The molecular formula is C14H13FN2O2. The van der Waals surface area contributed by atoms with Crippen molar-refractivity contribution in [1.29, 1.82) is 0 Å². The molecule has 2 rings (SSSR count). The zero-order valence-electron chi connectivity index (χ0n) is 10.2. The van der Waals surface area contributed by atoms with Crippen LogP contribution < -0.4 is 10.1 Å². The Morgan fingerprint density at radius 3 is 2.74 bits per heavy atom. The Labute approximate surface area is 110 Å². The number of rotatable bonds is 5. The third-order valence-electron chi connectivity index (χ3n) is 2.39. The number of carbonyl (C=O) groups is 1. The van der Waals surface area contributed by atoms with Crippen LogP contribution >= 0.6 is 0 Å². The summed E-state index contributed by atoms with van der Waals surface area (Å²) < 4.78 is 18.0. The number of hydrogen-bond acceptors (Lipinski definition) is 3. The number of nitrogens with one attached hydrogen (secondary N) is 1. The van der Waals surface area contributed by atoms with Gasteiger partial charge < -0.3 is 10.1 Å². The second-order valence-corrected chi connectivity index (χ2v) is 3.80. The molecule has 0 bridgehead atoms. The quantitative estimate of drug-likeness (QED) is 0.837. The first-order valence-corrected chi connectivity index (χ1v) is 5.82. The van der Waals surface area contributed by atoms with Gasteiger partial charge in [-0.25, -0.2) is 4.39 Å². The molecule has 0 atom stereocenters. The van der Waals surface area contributed by atoms with Crippen LogP contribution in [-0.4, -0.2) is 24.0 Å². The molecular weight excluding hydrogens is 247 g/mol. The molecule has 2 aromatic rings. The van der Waals surface area contributed by atoms with E-state index in [1.807, 2.05) is 0 Å². The summed E-state index contributed by atoms with van der Waals surface area (Å²) in [5, 5.41) is 2.70. The van der Waals surface area contributed by atoms with Crippen LogP contribution in [0.5, 0.6) is 5.75 Å². The van der Waals surface area contributed by atoms with Crippen LogP contribution in [0.3, 0.4) is 0 Å². The number of pyridine rings is 1. The van der Waals surface area contributed by atoms with Crippen molar-refractivity contribution >= 4 is 5.91 Å². The van der Waals surface area contributed by atoms with Crippen molar-refractivity contribution in [2.75, 3.05) is 13.2 Å². The summed E-state index contributed by atoms with van der Waals surface area (Å²) >= 11 is 0. The summed E-state index contributed by atoms with van der Waals surface area (Å²) in [6.07, 6.45) is 3.10. The van der Waals surface area contributed by atoms with Gasteiger partial charge in [-0.1, -0.05) is 0 Å². The highest BCUT2D eigenvalue weighted by atomic mass is 19.1. The average Bonchev–Trinajstić information content (AvgIpc) is 2.46. The molecule has 19 heavy (non-hydrogen) atoms. The van der Waals surface area contributed by atoms with E-state index in [2.05, 4.69) is 10.3 Å². The number of benzene rings is 1. The lowest BCUT2D eigenvalue weighted by molar-refractivity contribution is 0.0946. The molecule has 1 aromatic carbocycles. The van der Waals surface area contributed by atoms with Gasteiger partial charge in [0.1, 0.15) is 18.2 Å². The zero-order chi connectivity index (χ0) is 13.5. The largest absolute Gasteiger partial charge is 0.492 e. The predicted molar refractivity (Wildman–Crippen MR) is 68.5 cm³/mol. The minimum absolute atomic E-state index is 0.198. The Hall–Kier alpha value is -2.43. The van der Waals surface area contributed by atoms with Gasteiger partial charge in [-0.2, -0.15) is 0 Å². The van der Waals surface area contributed by atoms with E-state index in [1.165, 1.54) is 30.5 Å². The standard InChI is InChI=1S/C14H13FN2O2/c15-12-3-5-13(6-4-12)19-9-8-17-14(18)11-2-1-7-16-10-11/h1-7,10H,8-9H2,(H,17,18). The van der Waals surface area contributed by atoms with E-state index in [-0.39, 0.29) is 11.7 Å². The molecule has 1 heterocycles. The third kappa shape index (κ3) is 4.06. The second-order valence-electron chi connectivity index (χ2n) is 3.80. The number of nitrogens with zero attached hydrogens (tertiary/aromatic N) is 1. The molecule has 5 heteroatoms. The number of aromatic nitrogens is 1. The Morgan fingerprint density at radius 2 is 2.05 bits per heavy atom. The molecule has 0 saturated heterocycles. The maximum atomic E-state index is 12.7. The first-order chi connectivity index (χ1) is 9.25. The number of amides is 1. The van der Waals surface area contributed by atoms with Crippen molar-refractivity contribution in [3.63, 3.8) is 0 Å². The minimum Gasteiger partial charge on any atom is -0.492 e. The van der Waals surface area contributed by atoms with Crippen LogP contribution in [0.25, 0.3) is 0 Å². The fourth-order valence-corrected chi connectivity index (χ4v) is 1.46. The van der Waals surface area contributed by atoms with Gasteiger partial charge in [-0.3, -0.25) is 9.78 Å². The van der Waals surface area contributed by atoms with Crippen molar-refractivity contribution < 1.29 is 13.9 Å². The highest BCUT2D eigenvalue weighted by Crippen LogP contribution is 2.10. The summed E-state index contributed by atoms with van der Waals surface area (Å²) in [6, 6.07) is 9.11. The Bertz CT molecular complexity index is 529. The molecule has 0 fully saturated rings. The molecule has 0 unspecified atom stereocenters. The van der Waals surface area contributed by atoms with Gasteiger partial charge in [0.15, 0.2) is 0 Å². The van der Waals surface area contributed by atoms with E-state index in [1.54, 1.807) is 18.3 Å². The van der Waals surface area contributed by atoms with Crippen LogP contribution in [0.4, 0.5) is 4.39 Å². The van der Waals surface area contributed by atoms with Gasteiger partial charge in [0.2, 0.25) is 0 Å². The molecule has 0 spiro atoms. The first kappa shape index (κ1) is 13.0. The normalized spacial score (nSPS) is 9.95. The van der Waals surface area contributed by atoms with E-state index in [0.29, 0.717) is 24.5 Å². The van der Waals surface area contributed by atoms with Crippen molar-refractivity contribution in [3.05, 3.63) is 60.2 Å². The predicted octanol–water partition coefficient (Wildman–Crippen LogP) is 2.03. The SMILES string of the molecule is O=C(NCCOc1ccc(F)cc1)c1cccnc1. The Kier molecular flexibility index (Phi) is 4.44. The molecule has 0 saturated carbocycles. The van der Waals surface area contributed by atoms with Gasteiger partial charge in [-0.05, 0) is 36.4 Å². The molecule has 0 aliphatic carbocycles. The van der Waals surface area contributed by atoms with Crippen molar-refractivity contribution in [3.8, 4) is 5.75 Å². The summed E-state index contributed by atoms with van der Waals surface area (Å²) in [6.45, 7) is 0.683. The molecule has 1 N–H and O–H groups in total. The fourth-order valence-electron chi connectivity index (χ4n) is 1.46. The highest BCUT2D eigenvalue weighted by Gasteiger charge is 2.03. The smallest absolute Gasteiger partial charge is 0.252 e. The van der Waals surface area contributed by atoms with Gasteiger partial charge >= 0.3 is 0 Å². The molecule has 1 aromatic heterocycles. The third-order valence-corrected chi connectivity index (χ3v) is 2.39. The molecule has 98 valence electrons. The maximum absolute atomic E-state index is 12.7. The Morgan fingerprint density at radius 1 is 1.26 bits per heavy atom. The van der Waals surface area contributed by atoms with Crippen molar-refractivity contribution in [1.82, 2.24) is 10.3 Å². The molecule has 0 radical (unpaired) electrons. The fraction of sp³-hybridized carbons (Fsp3) is 0.143. The minimum atomic E-state index is -0.308. The van der Waals surface area contributed by atoms with Gasteiger partial charge in [0.25, 0.3) is 5.91 Å². The van der Waals surface area contributed by atoms with E-state index in [4.69, 9.17) is 4.74 Å².